The van der Waals surface area contributed by atoms with Gasteiger partial charge in [-0.1, -0.05) is 30.0 Å². The van der Waals surface area contributed by atoms with Crippen LogP contribution in [0.4, 0.5) is 0 Å². The van der Waals surface area contributed by atoms with Crippen LogP contribution in [0.1, 0.15) is 11.6 Å². The van der Waals surface area contributed by atoms with Gasteiger partial charge >= 0.3 is 0 Å². The normalized spacial score (nSPS) is 24.8. The molecular weight excluding hydrogens is 246 g/mol. The van der Waals surface area contributed by atoms with Crippen molar-refractivity contribution in [3.63, 3.8) is 0 Å². The van der Waals surface area contributed by atoms with Crippen molar-refractivity contribution in [1.29, 1.82) is 0 Å². The van der Waals surface area contributed by atoms with E-state index in [2.05, 4.69) is 21.4 Å². The van der Waals surface area contributed by atoms with Crippen LogP contribution >= 0.6 is 11.8 Å². The Kier molecular flexibility index (Phi) is 1.99. The fraction of sp³-hybridized carbons (Fsp3) is 0.154. The molecule has 0 aliphatic carbocycles. The number of thioether (sulfide) groups is 1. The van der Waals surface area contributed by atoms with Crippen LogP contribution in [-0.2, 0) is 4.79 Å². The van der Waals surface area contributed by atoms with Crippen molar-refractivity contribution < 1.29 is 4.79 Å². The van der Waals surface area contributed by atoms with Crippen LogP contribution in [0.5, 0.6) is 0 Å². The highest BCUT2D eigenvalue weighted by atomic mass is 32.2. The summed E-state index contributed by atoms with van der Waals surface area (Å²) in [6.45, 7) is 0. The lowest BCUT2D eigenvalue weighted by atomic mass is 10.0. The Labute approximate surface area is 108 Å². The smallest absolute Gasteiger partial charge is 0.241 e. The van der Waals surface area contributed by atoms with Crippen molar-refractivity contribution in [2.45, 2.75) is 16.3 Å². The summed E-state index contributed by atoms with van der Waals surface area (Å²) < 4.78 is 0. The van der Waals surface area contributed by atoms with Crippen LogP contribution in [0.3, 0.4) is 0 Å². The number of carbonyl (C=O) groups is 1. The van der Waals surface area contributed by atoms with Crippen LogP contribution in [-0.4, -0.2) is 22.5 Å². The molecule has 0 fully saturated rings. The summed E-state index contributed by atoms with van der Waals surface area (Å²) in [7, 11) is 0. The zero-order valence-corrected chi connectivity index (χ0v) is 10.1. The van der Waals surface area contributed by atoms with Crippen LogP contribution in [0.15, 0.2) is 40.4 Å². The highest BCUT2D eigenvalue weighted by molar-refractivity contribution is 8.01. The molecule has 2 aliphatic rings. The molecule has 0 spiro atoms. The molecule has 5 heteroatoms. The lowest BCUT2D eigenvalue weighted by molar-refractivity contribution is -0.119. The molecule has 4 nitrogen and oxygen atoms in total. The molecule has 1 N–H and O–H groups in total. The molecule has 2 unspecified atom stereocenters. The predicted molar refractivity (Wildman–Crippen MR) is 70.8 cm³/mol. The van der Waals surface area contributed by atoms with Gasteiger partial charge in [-0.25, -0.2) is 4.98 Å². The fourth-order valence-electron chi connectivity index (χ4n) is 2.39. The van der Waals surface area contributed by atoms with Crippen LogP contribution in [0.25, 0.3) is 10.9 Å². The average molecular weight is 255 g/mol. The van der Waals surface area contributed by atoms with Crippen molar-refractivity contribution in [2.24, 2.45) is 4.99 Å². The molecule has 3 heterocycles. The number of benzene rings is 1. The third-order valence-corrected chi connectivity index (χ3v) is 4.54. The second-order valence-electron chi connectivity index (χ2n) is 4.35. The summed E-state index contributed by atoms with van der Waals surface area (Å²) >= 11 is 1.51. The number of carbonyl (C=O) groups excluding carboxylic acids is 1. The first-order valence-corrected chi connectivity index (χ1v) is 6.59. The van der Waals surface area contributed by atoms with Gasteiger partial charge in [0.05, 0.1) is 11.9 Å². The quantitative estimate of drug-likeness (QED) is 0.782. The van der Waals surface area contributed by atoms with Gasteiger partial charge < -0.3 is 5.32 Å². The number of hydrogen-bond acceptors (Lipinski definition) is 4. The SMILES string of the molecule is O=C1NC=NC2c3cc4ccccc4nc3SC12. The Balaban J connectivity index is 1.94. The van der Waals surface area contributed by atoms with Crippen molar-refractivity contribution >= 4 is 34.9 Å². The van der Waals surface area contributed by atoms with Gasteiger partial charge in [-0.2, -0.15) is 0 Å². The molecule has 0 radical (unpaired) electrons. The maximum atomic E-state index is 11.8. The monoisotopic (exact) mass is 255 g/mol. The van der Waals surface area contributed by atoms with E-state index < -0.39 is 0 Å². The van der Waals surface area contributed by atoms with Gasteiger partial charge in [0.15, 0.2) is 0 Å². The average Bonchev–Trinajstić information content (AvgIpc) is 2.76. The molecule has 1 aromatic heterocycles. The Morgan fingerprint density at radius 3 is 3.11 bits per heavy atom. The predicted octanol–water partition coefficient (Wildman–Crippen LogP) is 1.91. The molecule has 0 saturated heterocycles. The molecule has 2 aromatic rings. The first-order chi connectivity index (χ1) is 8.83. The number of pyridine rings is 1. The summed E-state index contributed by atoms with van der Waals surface area (Å²) in [4.78, 5) is 20.8. The second-order valence-corrected chi connectivity index (χ2v) is 5.48. The fourth-order valence-corrected chi connectivity index (χ4v) is 3.62. The van der Waals surface area contributed by atoms with E-state index in [1.165, 1.54) is 18.1 Å². The lowest BCUT2D eigenvalue weighted by Gasteiger charge is -2.17. The molecule has 18 heavy (non-hydrogen) atoms. The minimum atomic E-state index is -0.172. The van der Waals surface area contributed by atoms with Crippen molar-refractivity contribution in [3.8, 4) is 0 Å². The topological polar surface area (TPSA) is 54.4 Å². The Hall–Kier alpha value is -1.88. The van der Waals surface area contributed by atoms with Crippen molar-refractivity contribution in [3.05, 3.63) is 35.9 Å². The second kappa shape index (κ2) is 3.55. The molecule has 0 bridgehead atoms. The van der Waals surface area contributed by atoms with Crippen LogP contribution in [0.2, 0.25) is 0 Å². The Bertz CT molecular complexity index is 698. The van der Waals surface area contributed by atoms with E-state index in [0.29, 0.717) is 0 Å². The van der Waals surface area contributed by atoms with E-state index in [9.17, 15) is 4.79 Å². The van der Waals surface area contributed by atoms with Gasteiger partial charge in [0.25, 0.3) is 0 Å². The maximum absolute atomic E-state index is 11.8. The molecular formula is C13H9N3OS. The van der Waals surface area contributed by atoms with Gasteiger partial charge in [0.2, 0.25) is 5.91 Å². The number of fused-ring (bicyclic) bond motifs is 4. The zero-order valence-electron chi connectivity index (χ0n) is 9.33. The van der Waals surface area contributed by atoms with Gasteiger partial charge in [0.1, 0.15) is 16.3 Å². The van der Waals surface area contributed by atoms with Gasteiger partial charge in [-0.15, -0.1) is 0 Å². The highest BCUT2D eigenvalue weighted by Gasteiger charge is 2.40. The van der Waals surface area contributed by atoms with Crippen LogP contribution in [0, 0.1) is 0 Å². The third-order valence-electron chi connectivity index (χ3n) is 3.26. The number of aromatic nitrogens is 1. The van der Waals surface area contributed by atoms with E-state index in [1.807, 2.05) is 24.3 Å². The van der Waals surface area contributed by atoms with E-state index in [0.717, 1.165) is 21.5 Å². The molecule has 1 aromatic carbocycles. The van der Waals surface area contributed by atoms with E-state index >= 15 is 0 Å². The number of rotatable bonds is 0. The minimum absolute atomic E-state index is 0.0158. The first kappa shape index (κ1) is 10.1. The molecule has 2 atom stereocenters. The summed E-state index contributed by atoms with van der Waals surface area (Å²) in [6.07, 6.45) is 1.49. The summed E-state index contributed by atoms with van der Waals surface area (Å²) in [6, 6.07) is 10.0. The van der Waals surface area contributed by atoms with Gasteiger partial charge in [-0.3, -0.25) is 9.79 Å². The van der Waals surface area contributed by atoms with Crippen LogP contribution < -0.4 is 5.32 Å². The van der Waals surface area contributed by atoms with Gasteiger partial charge in [0, 0.05) is 10.9 Å². The number of para-hydroxylation sites is 1. The molecule has 88 valence electrons. The first-order valence-electron chi connectivity index (χ1n) is 5.71. The number of hydrogen-bond donors (Lipinski definition) is 1. The van der Waals surface area contributed by atoms with Gasteiger partial charge in [-0.05, 0) is 12.1 Å². The zero-order chi connectivity index (χ0) is 12.1. The number of nitrogens with one attached hydrogen (secondary N) is 1. The van der Waals surface area contributed by atoms with E-state index in [1.54, 1.807) is 0 Å². The largest absolute Gasteiger partial charge is 0.316 e. The molecule has 0 saturated carbocycles. The van der Waals surface area contributed by atoms with E-state index in [4.69, 9.17) is 0 Å². The minimum Gasteiger partial charge on any atom is -0.316 e. The van der Waals surface area contributed by atoms with Crippen molar-refractivity contribution in [2.75, 3.05) is 0 Å². The lowest BCUT2D eigenvalue weighted by Crippen LogP contribution is -2.37. The number of amides is 1. The molecule has 4 rings (SSSR count). The highest BCUT2D eigenvalue weighted by Crippen LogP contribution is 2.46. The summed E-state index contributed by atoms with van der Waals surface area (Å²) in [5.74, 6) is 0.0158. The third kappa shape index (κ3) is 1.31. The Morgan fingerprint density at radius 2 is 2.17 bits per heavy atom. The van der Waals surface area contributed by atoms with E-state index in [-0.39, 0.29) is 17.2 Å². The number of aliphatic imine (C=N–C) groups is 1. The van der Waals surface area contributed by atoms with Crippen molar-refractivity contribution in [1.82, 2.24) is 10.3 Å². The molecule has 2 aliphatic heterocycles. The summed E-state index contributed by atoms with van der Waals surface area (Å²) in [5, 5.41) is 4.50. The maximum Gasteiger partial charge on any atom is 0.241 e. The Morgan fingerprint density at radius 1 is 1.28 bits per heavy atom. The number of nitrogens with zero attached hydrogens (tertiary/aromatic N) is 2. The summed E-state index contributed by atoms with van der Waals surface area (Å²) in [5.41, 5.74) is 2.03. The molecule has 1 amide bonds. The standard InChI is InChI=1S/C13H9N3OS/c17-12-11-10(14-6-15-12)8-5-7-3-1-2-4-9(7)16-13(8)18-11/h1-6,10-11H,(H,14,15,17).